The molecule has 0 aliphatic heterocycles. The van der Waals surface area contributed by atoms with Crippen LogP contribution in [0.5, 0.6) is 5.88 Å². The lowest BCUT2D eigenvalue weighted by atomic mass is 10.1. The Labute approximate surface area is 127 Å². The Morgan fingerprint density at radius 2 is 2.05 bits per heavy atom. The summed E-state index contributed by atoms with van der Waals surface area (Å²) < 4.78 is 10.3. The molecule has 0 unspecified atom stereocenters. The van der Waals surface area contributed by atoms with Crippen LogP contribution < -0.4 is 15.4 Å². The summed E-state index contributed by atoms with van der Waals surface area (Å²) >= 11 is 0. The van der Waals surface area contributed by atoms with Gasteiger partial charge in [-0.3, -0.25) is 4.99 Å². The molecule has 0 bridgehead atoms. The summed E-state index contributed by atoms with van der Waals surface area (Å²) in [6.45, 7) is 7.98. The second kappa shape index (κ2) is 8.46. The Hall–Kier alpha value is -1.82. The summed E-state index contributed by atoms with van der Waals surface area (Å²) in [6, 6.07) is 3.83. The summed E-state index contributed by atoms with van der Waals surface area (Å²) in [5, 5.41) is 6.55. The molecule has 0 aliphatic carbocycles. The van der Waals surface area contributed by atoms with E-state index in [1.165, 1.54) is 0 Å². The van der Waals surface area contributed by atoms with Gasteiger partial charge in [0.15, 0.2) is 5.96 Å². The van der Waals surface area contributed by atoms with Gasteiger partial charge in [-0.2, -0.15) is 0 Å². The van der Waals surface area contributed by atoms with Crippen molar-refractivity contribution in [1.29, 1.82) is 0 Å². The van der Waals surface area contributed by atoms with E-state index in [2.05, 4.69) is 41.4 Å². The first-order chi connectivity index (χ1) is 9.94. The van der Waals surface area contributed by atoms with Crippen LogP contribution in [-0.2, 0) is 11.3 Å². The predicted octanol–water partition coefficient (Wildman–Crippen LogP) is 1.57. The maximum Gasteiger partial charge on any atom is 0.213 e. The Balaban J connectivity index is 2.44. The summed E-state index contributed by atoms with van der Waals surface area (Å²) in [5.74, 6) is 1.37. The van der Waals surface area contributed by atoms with Crippen molar-refractivity contribution >= 4 is 5.96 Å². The SMILES string of the molecule is CN=C(NCc1ccc(OCCOC)nc1)NC(C)(C)C. The van der Waals surface area contributed by atoms with Crippen LogP contribution in [0.2, 0.25) is 0 Å². The molecule has 21 heavy (non-hydrogen) atoms. The number of nitrogens with zero attached hydrogens (tertiary/aromatic N) is 2. The van der Waals surface area contributed by atoms with Crippen LogP contribution in [0, 0.1) is 0 Å². The fraction of sp³-hybridized carbons (Fsp3) is 0.600. The molecular weight excluding hydrogens is 268 g/mol. The average molecular weight is 294 g/mol. The van der Waals surface area contributed by atoms with Crippen molar-refractivity contribution in [3.05, 3.63) is 23.9 Å². The van der Waals surface area contributed by atoms with E-state index in [0.717, 1.165) is 11.5 Å². The van der Waals surface area contributed by atoms with Crippen molar-refractivity contribution in [3.8, 4) is 5.88 Å². The number of pyridine rings is 1. The van der Waals surface area contributed by atoms with Gasteiger partial charge in [-0.1, -0.05) is 6.07 Å². The summed E-state index contributed by atoms with van der Waals surface area (Å²) in [6.07, 6.45) is 1.79. The number of methoxy groups -OCH3 is 1. The molecule has 118 valence electrons. The first-order valence-electron chi connectivity index (χ1n) is 7.00. The maximum atomic E-state index is 5.42. The van der Waals surface area contributed by atoms with E-state index in [0.29, 0.717) is 25.6 Å². The number of nitrogens with one attached hydrogen (secondary N) is 2. The van der Waals surface area contributed by atoms with Crippen molar-refractivity contribution < 1.29 is 9.47 Å². The Kier molecular flexibility index (Phi) is 6.94. The van der Waals surface area contributed by atoms with E-state index < -0.39 is 0 Å². The van der Waals surface area contributed by atoms with Crippen molar-refractivity contribution in [3.63, 3.8) is 0 Å². The molecule has 0 fully saturated rings. The Bertz CT molecular complexity index is 438. The standard InChI is InChI=1S/C15H26N4O2/c1-15(2,3)19-14(16-4)18-11-12-6-7-13(17-10-12)21-9-8-20-5/h6-7,10H,8-9,11H2,1-5H3,(H2,16,18,19). The highest BCUT2D eigenvalue weighted by atomic mass is 16.5. The van der Waals surface area contributed by atoms with Crippen molar-refractivity contribution in [2.45, 2.75) is 32.9 Å². The van der Waals surface area contributed by atoms with Gasteiger partial charge < -0.3 is 20.1 Å². The van der Waals surface area contributed by atoms with Crippen LogP contribution in [0.25, 0.3) is 0 Å². The van der Waals surface area contributed by atoms with Crippen LogP contribution in [0.3, 0.4) is 0 Å². The molecule has 0 amide bonds. The van der Waals surface area contributed by atoms with E-state index >= 15 is 0 Å². The fourth-order valence-electron chi connectivity index (χ4n) is 1.55. The van der Waals surface area contributed by atoms with Gasteiger partial charge in [-0.25, -0.2) is 4.98 Å². The lowest BCUT2D eigenvalue weighted by molar-refractivity contribution is 0.143. The first kappa shape index (κ1) is 17.2. The number of aromatic nitrogens is 1. The summed E-state index contributed by atoms with van der Waals surface area (Å²) in [4.78, 5) is 8.44. The largest absolute Gasteiger partial charge is 0.475 e. The molecule has 6 heteroatoms. The zero-order chi connectivity index (χ0) is 15.7. The predicted molar refractivity (Wildman–Crippen MR) is 84.7 cm³/mol. The first-order valence-corrected chi connectivity index (χ1v) is 7.00. The topological polar surface area (TPSA) is 67.8 Å². The molecule has 2 N–H and O–H groups in total. The van der Waals surface area contributed by atoms with Crippen LogP contribution >= 0.6 is 0 Å². The van der Waals surface area contributed by atoms with Crippen LogP contribution in [-0.4, -0.2) is 43.9 Å². The van der Waals surface area contributed by atoms with Crippen LogP contribution in [0.15, 0.2) is 23.3 Å². The number of ether oxygens (including phenoxy) is 2. The van der Waals surface area contributed by atoms with E-state index in [4.69, 9.17) is 9.47 Å². The van der Waals surface area contributed by atoms with Gasteiger partial charge in [0, 0.05) is 38.5 Å². The number of hydrogen-bond acceptors (Lipinski definition) is 4. The highest BCUT2D eigenvalue weighted by molar-refractivity contribution is 5.80. The minimum atomic E-state index is -0.0286. The molecule has 0 aromatic carbocycles. The van der Waals surface area contributed by atoms with Crippen molar-refractivity contribution in [2.24, 2.45) is 4.99 Å². The molecule has 0 aliphatic rings. The minimum absolute atomic E-state index is 0.0286. The molecule has 1 rings (SSSR count). The van der Waals surface area contributed by atoms with Gasteiger partial charge in [0.05, 0.1) is 6.61 Å². The average Bonchev–Trinajstić information content (AvgIpc) is 2.44. The lowest BCUT2D eigenvalue weighted by Gasteiger charge is -2.23. The Morgan fingerprint density at radius 1 is 1.29 bits per heavy atom. The smallest absolute Gasteiger partial charge is 0.213 e. The normalized spacial score (nSPS) is 12.1. The second-order valence-corrected chi connectivity index (χ2v) is 5.65. The van der Waals surface area contributed by atoms with E-state index in [9.17, 15) is 0 Å². The van der Waals surface area contributed by atoms with Gasteiger partial charge >= 0.3 is 0 Å². The fourth-order valence-corrected chi connectivity index (χ4v) is 1.55. The van der Waals surface area contributed by atoms with Gasteiger partial charge in [-0.15, -0.1) is 0 Å². The lowest BCUT2D eigenvalue weighted by Crippen LogP contribution is -2.47. The zero-order valence-electron chi connectivity index (χ0n) is 13.6. The zero-order valence-corrected chi connectivity index (χ0v) is 13.6. The molecule has 0 atom stereocenters. The molecular formula is C15H26N4O2. The third-order valence-electron chi connectivity index (χ3n) is 2.51. The highest BCUT2D eigenvalue weighted by Crippen LogP contribution is 2.07. The molecule has 0 saturated heterocycles. The number of hydrogen-bond donors (Lipinski definition) is 2. The molecule has 0 saturated carbocycles. The molecule has 0 spiro atoms. The number of rotatable bonds is 6. The number of guanidine groups is 1. The maximum absolute atomic E-state index is 5.42. The second-order valence-electron chi connectivity index (χ2n) is 5.65. The minimum Gasteiger partial charge on any atom is -0.475 e. The third kappa shape index (κ3) is 7.51. The molecule has 1 aromatic rings. The quantitative estimate of drug-likeness (QED) is 0.473. The van der Waals surface area contributed by atoms with Crippen LogP contribution in [0.4, 0.5) is 0 Å². The highest BCUT2D eigenvalue weighted by Gasteiger charge is 2.11. The van der Waals surface area contributed by atoms with E-state index in [1.807, 2.05) is 12.1 Å². The molecule has 1 aromatic heterocycles. The summed E-state index contributed by atoms with van der Waals surface area (Å²) in [5.41, 5.74) is 1.03. The molecule has 1 heterocycles. The van der Waals surface area contributed by atoms with Crippen molar-refractivity contribution in [1.82, 2.24) is 15.6 Å². The number of aliphatic imine (C=N–C) groups is 1. The Morgan fingerprint density at radius 3 is 2.57 bits per heavy atom. The van der Waals surface area contributed by atoms with E-state index in [-0.39, 0.29) is 5.54 Å². The monoisotopic (exact) mass is 294 g/mol. The van der Waals surface area contributed by atoms with E-state index in [1.54, 1.807) is 20.4 Å². The molecule has 0 radical (unpaired) electrons. The summed E-state index contributed by atoms with van der Waals surface area (Å²) in [7, 11) is 3.40. The van der Waals surface area contributed by atoms with Gasteiger partial charge in [0.2, 0.25) is 5.88 Å². The molecule has 6 nitrogen and oxygen atoms in total. The van der Waals surface area contributed by atoms with Gasteiger partial charge in [-0.05, 0) is 26.3 Å². The van der Waals surface area contributed by atoms with Crippen molar-refractivity contribution in [2.75, 3.05) is 27.4 Å². The van der Waals surface area contributed by atoms with Crippen LogP contribution in [0.1, 0.15) is 26.3 Å². The third-order valence-corrected chi connectivity index (χ3v) is 2.51. The van der Waals surface area contributed by atoms with Gasteiger partial charge in [0.1, 0.15) is 6.61 Å². The van der Waals surface area contributed by atoms with Gasteiger partial charge in [0.25, 0.3) is 0 Å².